The summed E-state index contributed by atoms with van der Waals surface area (Å²) >= 11 is 18.0. The summed E-state index contributed by atoms with van der Waals surface area (Å²) in [5, 5.41) is 7.17. The molecule has 0 saturated heterocycles. The topological polar surface area (TPSA) is 41.1 Å². The van der Waals surface area contributed by atoms with E-state index in [1.54, 1.807) is 19.1 Å². The van der Waals surface area contributed by atoms with Crippen LogP contribution in [0.15, 0.2) is 12.1 Å². The number of halogens is 3. The van der Waals surface area contributed by atoms with Crippen LogP contribution in [0.2, 0.25) is 15.1 Å². The van der Waals surface area contributed by atoms with Crippen molar-refractivity contribution in [1.82, 2.24) is 10.6 Å². The molecule has 1 aromatic carbocycles. The molecule has 6 heteroatoms. The Morgan fingerprint density at radius 3 is 2.50 bits per heavy atom. The van der Waals surface area contributed by atoms with E-state index in [4.69, 9.17) is 34.8 Å². The van der Waals surface area contributed by atoms with E-state index in [0.717, 1.165) is 0 Å². The van der Waals surface area contributed by atoms with Crippen LogP contribution in [0.4, 0.5) is 0 Å². The Hall–Kier alpha value is -0.480. The summed E-state index contributed by atoms with van der Waals surface area (Å²) in [4.78, 5) is 11.5. The quantitative estimate of drug-likeness (QED) is 0.820. The molecule has 0 aliphatic carbocycles. The average molecular weight is 310 g/mol. The number of hydrogen-bond donors (Lipinski definition) is 2. The molecule has 2 N–H and O–H groups in total. The van der Waals surface area contributed by atoms with Crippen LogP contribution in [0.5, 0.6) is 0 Å². The van der Waals surface area contributed by atoms with Gasteiger partial charge < -0.3 is 10.6 Å². The fraction of sp³-hybridized carbons (Fsp3) is 0.417. The molecule has 100 valence electrons. The third-order valence-electron chi connectivity index (χ3n) is 2.47. The number of nitrogens with one attached hydrogen (secondary N) is 2. The zero-order valence-corrected chi connectivity index (χ0v) is 12.5. The molecule has 1 amide bonds. The van der Waals surface area contributed by atoms with E-state index in [1.807, 2.05) is 6.92 Å². The van der Waals surface area contributed by atoms with E-state index in [1.165, 1.54) is 0 Å². The Morgan fingerprint density at radius 1 is 1.28 bits per heavy atom. The largest absolute Gasteiger partial charge is 0.355 e. The second-order valence-electron chi connectivity index (χ2n) is 3.82. The van der Waals surface area contributed by atoms with Crippen LogP contribution in [0.1, 0.15) is 19.4 Å². The number of benzene rings is 1. The maximum absolute atomic E-state index is 11.5. The maximum Gasteiger partial charge on any atom is 0.236 e. The monoisotopic (exact) mass is 308 g/mol. The van der Waals surface area contributed by atoms with Crippen molar-refractivity contribution in [3.05, 3.63) is 32.8 Å². The SMILES string of the molecule is CCNC(=O)C(C)NCc1c(Cl)ccc(Cl)c1Cl. The first-order valence-corrected chi connectivity index (χ1v) is 6.74. The molecule has 0 bridgehead atoms. The van der Waals surface area contributed by atoms with E-state index in [9.17, 15) is 4.79 Å². The number of rotatable bonds is 5. The number of likely N-dealkylation sites (N-methyl/N-ethyl adjacent to an activating group) is 1. The number of hydrogen-bond acceptors (Lipinski definition) is 2. The van der Waals surface area contributed by atoms with E-state index in [-0.39, 0.29) is 11.9 Å². The second-order valence-corrected chi connectivity index (χ2v) is 5.01. The zero-order valence-electron chi connectivity index (χ0n) is 10.2. The molecule has 0 aromatic heterocycles. The minimum absolute atomic E-state index is 0.0632. The molecule has 18 heavy (non-hydrogen) atoms. The molecule has 1 unspecified atom stereocenters. The molecule has 0 heterocycles. The summed E-state index contributed by atoms with van der Waals surface area (Å²) in [5.74, 6) is -0.0632. The lowest BCUT2D eigenvalue weighted by Gasteiger charge is -2.15. The highest BCUT2D eigenvalue weighted by Gasteiger charge is 2.14. The lowest BCUT2D eigenvalue weighted by Crippen LogP contribution is -2.41. The van der Waals surface area contributed by atoms with Crippen molar-refractivity contribution in [3.63, 3.8) is 0 Å². The van der Waals surface area contributed by atoms with Crippen LogP contribution in [0, 0.1) is 0 Å². The summed E-state index contributed by atoms with van der Waals surface area (Å²) in [6.07, 6.45) is 0. The number of carbonyl (C=O) groups is 1. The molecular formula is C12H15Cl3N2O. The number of amides is 1. The maximum atomic E-state index is 11.5. The Labute approximate surface area is 122 Å². The van der Waals surface area contributed by atoms with Crippen LogP contribution in [-0.4, -0.2) is 18.5 Å². The van der Waals surface area contributed by atoms with E-state index < -0.39 is 0 Å². The van der Waals surface area contributed by atoms with Gasteiger partial charge in [-0.1, -0.05) is 34.8 Å². The molecule has 0 radical (unpaired) electrons. The fourth-order valence-electron chi connectivity index (χ4n) is 1.41. The number of carbonyl (C=O) groups excluding carboxylic acids is 1. The van der Waals surface area contributed by atoms with Crippen molar-refractivity contribution in [2.45, 2.75) is 26.4 Å². The third-order valence-corrected chi connectivity index (χ3v) is 3.67. The van der Waals surface area contributed by atoms with Gasteiger partial charge in [-0.05, 0) is 26.0 Å². The second kappa shape index (κ2) is 7.19. The van der Waals surface area contributed by atoms with Gasteiger partial charge in [-0.15, -0.1) is 0 Å². The molecule has 0 spiro atoms. The van der Waals surface area contributed by atoms with Gasteiger partial charge in [-0.25, -0.2) is 0 Å². The Bertz CT molecular complexity index is 438. The van der Waals surface area contributed by atoms with E-state index in [2.05, 4.69) is 10.6 Å². The molecule has 0 aliphatic heterocycles. The Morgan fingerprint density at radius 2 is 1.89 bits per heavy atom. The molecule has 1 aromatic rings. The summed E-state index contributed by atoms with van der Waals surface area (Å²) in [5.41, 5.74) is 0.696. The molecule has 0 fully saturated rings. The molecule has 0 aliphatic rings. The summed E-state index contributed by atoms with van der Waals surface area (Å²) in [6, 6.07) is 3.00. The predicted molar refractivity (Wildman–Crippen MR) is 76.5 cm³/mol. The van der Waals surface area contributed by atoms with Gasteiger partial charge in [0.2, 0.25) is 5.91 Å². The van der Waals surface area contributed by atoms with Crippen molar-refractivity contribution >= 4 is 40.7 Å². The van der Waals surface area contributed by atoms with Gasteiger partial charge in [0.15, 0.2) is 0 Å². The average Bonchev–Trinajstić information content (AvgIpc) is 2.34. The van der Waals surface area contributed by atoms with Crippen molar-refractivity contribution in [2.75, 3.05) is 6.54 Å². The first-order valence-electron chi connectivity index (χ1n) is 5.60. The minimum atomic E-state index is -0.323. The van der Waals surface area contributed by atoms with Crippen LogP contribution in [0.25, 0.3) is 0 Å². The Kier molecular flexibility index (Phi) is 6.22. The first kappa shape index (κ1) is 15.6. The summed E-state index contributed by atoms with van der Waals surface area (Å²) in [7, 11) is 0. The highest BCUT2D eigenvalue weighted by molar-refractivity contribution is 6.44. The van der Waals surface area contributed by atoms with E-state index in [0.29, 0.717) is 33.7 Å². The van der Waals surface area contributed by atoms with Gasteiger partial charge in [-0.3, -0.25) is 4.79 Å². The van der Waals surface area contributed by atoms with Crippen molar-refractivity contribution in [2.24, 2.45) is 0 Å². The van der Waals surface area contributed by atoms with Gasteiger partial charge in [0, 0.05) is 23.7 Å². The van der Waals surface area contributed by atoms with Gasteiger partial charge in [0.05, 0.1) is 16.1 Å². The van der Waals surface area contributed by atoms with E-state index >= 15 is 0 Å². The third kappa shape index (κ3) is 4.02. The summed E-state index contributed by atoms with van der Waals surface area (Å²) < 4.78 is 0. The van der Waals surface area contributed by atoms with Crippen LogP contribution in [-0.2, 0) is 11.3 Å². The summed E-state index contributed by atoms with van der Waals surface area (Å²) in [6.45, 7) is 4.63. The predicted octanol–water partition coefficient (Wildman–Crippen LogP) is 3.26. The first-order chi connectivity index (χ1) is 8.47. The molecule has 0 saturated carbocycles. The lowest BCUT2D eigenvalue weighted by atomic mass is 10.2. The normalized spacial score (nSPS) is 12.3. The van der Waals surface area contributed by atoms with Crippen molar-refractivity contribution in [3.8, 4) is 0 Å². The van der Waals surface area contributed by atoms with Gasteiger partial charge >= 0.3 is 0 Å². The van der Waals surface area contributed by atoms with Gasteiger partial charge in [0.1, 0.15) is 0 Å². The van der Waals surface area contributed by atoms with Gasteiger partial charge in [-0.2, -0.15) is 0 Å². The lowest BCUT2D eigenvalue weighted by molar-refractivity contribution is -0.122. The highest BCUT2D eigenvalue weighted by atomic mass is 35.5. The smallest absolute Gasteiger partial charge is 0.236 e. The van der Waals surface area contributed by atoms with Crippen LogP contribution < -0.4 is 10.6 Å². The van der Waals surface area contributed by atoms with Crippen molar-refractivity contribution < 1.29 is 4.79 Å². The zero-order chi connectivity index (χ0) is 13.7. The van der Waals surface area contributed by atoms with Gasteiger partial charge in [0.25, 0.3) is 0 Å². The van der Waals surface area contributed by atoms with Crippen LogP contribution >= 0.6 is 34.8 Å². The molecule has 3 nitrogen and oxygen atoms in total. The fourth-order valence-corrected chi connectivity index (χ4v) is 2.09. The molecule has 1 atom stereocenters. The highest BCUT2D eigenvalue weighted by Crippen LogP contribution is 2.31. The molecular weight excluding hydrogens is 295 g/mol. The Balaban J connectivity index is 2.69. The standard InChI is InChI=1S/C12H15Cl3N2O/c1-3-16-12(18)7(2)17-6-8-9(13)4-5-10(14)11(8)15/h4-5,7,17H,3,6H2,1-2H3,(H,16,18). The van der Waals surface area contributed by atoms with Crippen molar-refractivity contribution in [1.29, 1.82) is 0 Å². The minimum Gasteiger partial charge on any atom is -0.355 e. The molecule has 1 rings (SSSR count). The van der Waals surface area contributed by atoms with Crippen LogP contribution in [0.3, 0.4) is 0 Å².